The van der Waals surface area contributed by atoms with Crippen LogP contribution in [-0.4, -0.2) is 21.3 Å². The summed E-state index contributed by atoms with van der Waals surface area (Å²) in [6.45, 7) is 13.0. The number of fused-ring (bicyclic) bond motifs is 2. The van der Waals surface area contributed by atoms with E-state index in [9.17, 15) is 5.11 Å². The van der Waals surface area contributed by atoms with Crippen LogP contribution in [0.4, 0.5) is 5.69 Å². The molecule has 0 bridgehead atoms. The Kier molecular flexibility index (Phi) is 6.94. The second kappa shape index (κ2) is 10.5. The highest BCUT2D eigenvalue weighted by Gasteiger charge is 2.24. The second-order valence-electron chi connectivity index (χ2n) is 12.8. The number of phenolic OH excluding ortho intramolecular Hbond substituents is 1. The molecular weight excluding hydrogens is 534 g/mol. The monoisotopic (exact) mass is 569 g/mol. The summed E-state index contributed by atoms with van der Waals surface area (Å²) in [5, 5.41) is 13.3. The molecule has 0 atom stereocenters. The molecule has 0 radical (unpaired) electrons. The van der Waals surface area contributed by atoms with Crippen molar-refractivity contribution >= 4 is 44.4 Å². The van der Waals surface area contributed by atoms with Crippen LogP contribution in [0.15, 0.2) is 96.1 Å². The number of nitrogens with zero attached hydrogens (tertiary/aromatic N) is 3. The lowest BCUT2D eigenvalue weighted by Crippen LogP contribution is -2.17. The standard InChI is InChI=1S/C37H35N3OS/c1-36(2,3)24-20-23(34(41)29(21-24)37(4,5)6)22-39-31-16-8-7-12-28(31)35-40-33-27(14-10-18-32(33)42-35)25-13-9-17-30-26(25)15-11-19-38-30/h7-22,41H,1-6H3. The van der Waals surface area contributed by atoms with E-state index in [1.165, 1.54) is 5.56 Å². The van der Waals surface area contributed by atoms with Gasteiger partial charge in [0.15, 0.2) is 0 Å². The van der Waals surface area contributed by atoms with Gasteiger partial charge in [-0.05, 0) is 58.4 Å². The van der Waals surface area contributed by atoms with Gasteiger partial charge in [0.25, 0.3) is 0 Å². The molecule has 0 aliphatic heterocycles. The molecule has 0 saturated heterocycles. The quantitative estimate of drug-likeness (QED) is 0.215. The summed E-state index contributed by atoms with van der Waals surface area (Å²) in [4.78, 5) is 14.6. The first-order valence-corrected chi connectivity index (χ1v) is 15.1. The third-order valence-electron chi connectivity index (χ3n) is 7.65. The molecule has 0 fully saturated rings. The minimum atomic E-state index is -0.204. The van der Waals surface area contributed by atoms with E-state index in [0.717, 1.165) is 59.6 Å². The Balaban J connectivity index is 1.45. The summed E-state index contributed by atoms with van der Waals surface area (Å²) in [7, 11) is 0. The van der Waals surface area contributed by atoms with Gasteiger partial charge in [-0.15, -0.1) is 11.3 Å². The number of hydrogen-bond acceptors (Lipinski definition) is 5. The Bertz CT molecular complexity index is 1970. The fraction of sp³-hybridized carbons (Fsp3) is 0.216. The van der Waals surface area contributed by atoms with Gasteiger partial charge in [-0.1, -0.05) is 90.1 Å². The van der Waals surface area contributed by atoms with Gasteiger partial charge >= 0.3 is 0 Å². The van der Waals surface area contributed by atoms with Gasteiger partial charge in [0, 0.05) is 40.1 Å². The van der Waals surface area contributed by atoms with E-state index in [4.69, 9.17) is 9.98 Å². The zero-order chi connectivity index (χ0) is 29.6. The number of para-hydroxylation sites is 2. The van der Waals surface area contributed by atoms with Gasteiger partial charge in [-0.3, -0.25) is 9.98 Å². The summed E-state index contributed by atoms with van der Waals surface area (Å²) in [5.74, 6) is 0.283. The Morgan fingerprint density at radius 2 is 1.50 bits per heavy atom. The molecular formula is C37H35N3OS. The van der Waals surface area contributed by atoms with Crippen LogP contribution < -0.4 is 0 Å². The number of aromatic nitrogens is 2. The van der Waals surface area contributed by atoms with Gasteiger partial charge in [0.05, 0.1) is 21.4 Å². The fourth-order valence-electron chi connectivity index (χ4n) is 5.29. The summed E-state index contributed by atoms with van der Waals surface area (Å²) in [6.07, 6.45) is 3.62. The van der Waals surface area contributed by atoms with Crippen LogP contribution in [0.25, 0.3) is 42.8 Å². The van der Waals surface area contributed by atoms with Crippen LogP contribution in [-0.2, 0) is 10.8 Å². The Labute approximate surface area is 251 Å². The molecule has 0 amide bonds. The molecule has 0 saturated carbocycles. The Morgan fingerprint density at radius 1 is 0.762 bits per heavy atom. The van der Waals surface area contributed by atoms with Crippen molar-refractivity contribution in [2.24, 2.45) is 4.99 Å². The number of aromatic hydroxyl groups is 1. The van der Waals surface area contributed by atoms with Gasteiger partial charge in [-0.2, -0.15) is 0 Å². The lowest BCUT2D eigenvalue weighted by atomic mass is 9.79. The van der Waals surface area contributed by atoms with Crippen LogP contribution in [0.1, 0.15) is 58.2 Å². The van der Waals surface area contributed by atoms with Crippen LogP contribution in [0.5, 0.6) is 5.75 Å². The van der Waals surface area contributed by atoms with Gasteiger partial charge < -0.3 is 5.11 Å². The maximum Gasteiger partial charge on any atom is 0.128 e. The van der Waals surface area contributed by atoms with Crippen LogP contribution >= 0.6 is 11.3 Å². The second-order valence-corrected chi connectivity index (χ2v) is 13.8. The first-order chi connectivity index (χ1) is 20.0. The van der Waals surface area contributed by atoms with Crippen molar-refractivity contribution < 1.29 is 5.11 Å². The molecule has 6 aromatic rings. The maximum atomic E-state index is 11.3. The van der Waals surface area contributed by atoms with Crippen LogP contribution in [0.2, 0.25) is 0 Å². The van der Waals surface area contributed by atoms with Gasteiger partial charge in [-0.25, -0.2) is 4.98 Å². The molecule has 0 unspecified atom stereocenters. The number of pyridine rings is 1. The predicted octanol–water partition coefficient (Wildman–Crippen LogP) is 10.2. The van der Waals surface area contributed by atoms with Crippen molar-refractivity contribution in [3.63, 3.8) is 0 Å². The number of hydrogen-bond donors (Lipinski definition) is 1. The molecule has 2 heterocycles. The van der Waals surface area contributed by atoms with E-state index in [0.29, 0.717) is 0 Å². The lowest BCUT2D eigenvalue weighted by Gasteiger charge is -2.27. The average Bonchev–Trinajstić information content (AvgIpc) is 3.40. The smallest absolute Gasteiger partial charge is 0.128 e. The van der Waals surface area contributed by atoms with Crippen LogP contribution in [0.3, 0.4) is 0 Å². The van der Waals surface area contributed by atoms with E-state index < -0.39 is 0 Å². The van der Waals surface area contributed by atoms with Crippen molar-refractivity contribution in [1.82, 2.24) is 9.97 Å². The summed E-state index contributed by atoms with van der Waals surface area (Å²) in [5.41, 5.74) is 8.47. The van der Waals surface area contributed by atoms with Gasteiger partial charge in [0.1, 0.15) is 10.8 Å². The molecule has 6 rings (SSSR count). The first-order valence-electron chi connectivity index (χ1n) is 14.3. The molecule has 2 aromatic heterocycles. The topological polar surface area (TPSA) is 58.4 Å². The van der Waals surface area contributed by atoms with Crippen molar-refractivity contribution in [1.29, 1.82) is 0 Å². The largest absolute Gasteiger partial charge is 0.507 e. The van der Waals surface area contributed by atoms with E-state index in [-0.39, 0.29) is 16.6 Å². The third-order valence-corrected chi connectivity index (χ3v) is 8.70. The number of aliphatic imine (C=N–C) groups is 1. The van der Waals surface area contributed by atoms with E-state index in [1.54, 1.807) is 17.6 Å². The predicted molar refractivity (Wildman–Crippen MR) is 179 cm³/mol. The molecule has 0 aliphatic carbocycles. The average molecular weight is 570 g/mol. The zero-order valence-electron chi connectivity index (χ0n) is 24.9. The minimum Gasteiger partial charge on any atom is -0.507 e. The third kappa shape index (κ3) is 5.21. The molecule has 4 nitrogen and oxygen atoms in total. The number of rotatable bonds is 4. The summed E-state index contributed by atoms with van der Waals surface area (Å²) >= 11 is 1.67. The SMILES string of the molecule is CC(C)(C)c1cc(C=Nc2ccccc2-c2nc3c(-c4cccc5ncccc45)cccc3s2)c(O)c(C(C)(C)C)c1. The molecule has 210 valence electrons. The molecule has 0 aliphatic rings. The van der Waals surface area contributed by atoms with Crippen LogP contribution in [0, 0.1) is 0 Å². The summed E-state index contributed by atoms with van der Waals surface area (Å²) < 4.78 is 1.12. The van der Waals surface area contributed by atoms with Crippen molar-refractivity contribution in [2.75, 3.05) is 0 Å². The highest BCUT2D eigenvalue weighted by molar-refractivity contribution is 7.21. The fourth-order valence-corrected chi connectivity index (χ4v) is 6.31. The summed E-state index contributed by atoms with van der Waals surface area (Å²) in [6, 6.07) is 28.9. The highest BCUT2D eigenvalue weighted by atomic mass is 32.1. The molecule has 42 heavy (non-hydrogen) atoms. The lowest BCUT2D eigenvalue weighted by molar-refractivity contribution is 0.444. The Morgan fingerprint density at radius 3 is 2.29 bits per heavy atom. The number of phenols is 1. The minimum absolute atomic E-state index is 0.0625. The normalized spacial score (nSPS) is 12.5. The van der Waals surface area contributed by atoms with E-state index in [1.807, 2.05) is 36.5 Å². The van der Waals surface area contributed by atoms with Crippen molar-refractivity contribution in [3.05, 3.63) is 108 Å². The number of benzene rings is 4. The van der Waals surface area contributed by atoms with Crippen molar-refractivity contribution in [3.8, 4) is 27.4 Å². The van der Waals surface area contributed by atoms with Crippen molar-refractivity contribution in [2.45, 2.75) is 52.4 Å². The maximum absolute atomic E-state index is 11.3. The highest BCUT2D eigenvalue weighted by Crippen LogP contribution is 2.41. The first kappa shape index (κ1) is 27.8. The molecule has 4 aromatic carbocycles. The number of thiazole rings is 1. The molecule has 0 spiro atoms. The molecule has 5 heteroatoms. The van der Waals surface area contributed by atoms with E-state index in [2.05, 4.69) is 101 Å². The van der Waals surface area contributed by atoms with E-state index >= 15 is 0 Å². The Hall–Kier alpha value is -4.35. The zero-order valence-corrected chi connectivity index (χ0v) is 25.8. The van der Waals surface area contributed by atoms with Gasteiger partial charge in [0.2, 0.25) is 0 Å². The molecule has 1 N–H and O–H groups in total.